The van der Waals surface area contributed by atoms with E-state index in [-0.39, 0.29) is 10.3 Å². The molecule has 1 N–H and O–H groups in total. The van der Waals surface area contributed by atoms with E-state index in [0.29, 0.717) is 11.4 Å². The smallest absolute Gasteiger partial charge is 0.265 e. The van der Waals surface area contributed by atoms with E-state index in [2.05, 4.69) is 25.8 Å². The number of benzene rings is 1. The number of nitrogens with zero attached hydrogens (tertiary/aromatic N) is 2. The van der Waals surface area contributed by atoms with Crippen molar-refractivity contribution >= 4 is 31.6 Å². The minimum absolute atomic E-state index is 0.206. The Bertz CT molecular complexity index is 761. The first kappa shape index (κ1) is 16.0. The van der Waals surface area contributed by atoms with Crippen molar-refractivity contribution in [2.45, 2.75) is 31.1 Å². The highest BCUT2D eigenvalue weighted by Gasteiger charge is 2.29. The van der Waals surface area contributed by atoms with Crippen molar-refractivity contribution in [3.63, 3.8) is 0 Å². The average molecular weight is 372 g/mol. The van der Waals surface area contributed by atoms with Gasteiger partial charge in [-0.1, -0.05) is 42.8 Å². The molecule has 2 rings (SSSR count). The number of hydrogen-bond acceptors (Lipinski definition) is 3. The Morgan fingerprint density at radius 1 is 1.29 bits per heavy atom. The van der Waals surface area contributed by atoms with Crippen LogP contribution >= 0.6 is 15.9 Å². The number of hydrogen-bond donors (Lipinski definition) is 1. The van der Waals surface area contributed by atoms with Crippen LogP contribution in [0.4, 0.5) is 5.69 Å². The molecule has 0 amide bonds. The second kappa shape index (κ2) is 5.46. The summed E-state index contributed by atoms with van der Waals surface area (Å²) in [6.07, 6.45) is 1.53. The largest absolute Gasteiger partial charge is 0.279 e. The number of nitrogens with one attached hydrogen (secondary N) is 1. The molecule has 0 saturated heterocycles. The van der Waals surface area contributed by atoms with Crippen molar-refractivity contribution in [1.82, 2.24) is 9.78 Å². The fraction of sp³-hybridized carbons (Fsp3) is 0.357. The maximum atomic E-state index is 12.6. The van der Waals surface area contributed by atoms with Gasteiger partial charge in [-0.2, -0.15) is 5.10 Å². The Hall–Kier alpha value is -1.34. The first-order valence-corrected chi connectivity index (χ1v) is 8.70. The summed E-state index contributed by atoms with van der Waals surface area (Å²) in [5.74, 6) is 0. The summed E-state index contributed by atoms with van der Waals surface area (Å²) in [5, 5.41) is 4.30. The standard InChI is InChI=1S/C14H18BrN3O2S/c1-14(2,3)13-12(9-18(4)16-13)21(19,20)17-11-7-5-6-10(15)8-11/h5-9,17H,1-4H3. The molecule has 114 valence electrons. The lowest BCUT2D eigenvalue weighted by atomic mass is 9.92. The number of rotatable bonds is 3. The first-order valence-electron chi connectivity index (χ1n) is 6.42. The van der Waals surface area contributed by atoms with E-state index in [1.165, 1.54) is 10.9 Å². The summed E-state index contributed by atoms with van der Waals surface area (Å²) < 4.78 is 30.2. The fourth-order valence-electron chi connectivity index (χ4n) is 1.95. The summed E-state index contributed by atoms with van der Waals surface area (Å²) in [6.45, 7) is 5.81. The molecule has 1 aromatic carbocycles. The van der Waals surface area contributed by atoms with Gasteiger partial charge in [-0.05, 0) is 18.2 Å². The quantitative estimate of drug-likeness (QED) is 0.899. The third-order valence-electron chi connectivity index (χ3n) is 2.87. The summed E-state index contributed by atoms with van der Waals surface area (Å²) in [6, 6.07) is 7.03. The van der Waals surface area contributed by atoms with E-state index >= 15 is 0 Å². The molecule has 1 aromatic heterocycles. The Morgan fingerprint density at radius 3 is 2.52 bits per heavy atom. The molecule has 0 fully saturated rings. The molecule has 0 saturated carbocycles. The van der Waals surface area contributed by atoms with Crippen LogP contribution in [0.2, 0.25) is 0 Å². The highest BCUT2D eigenvalue weighted by molar-refractivity contribution is 9.10. The lowest BCUT2D eigenvalue weighted by molar-refractivity contribution is 0.539. The molecular weight excluding hydrogens is 354 g/mol. The van der Waals surface area contributed by atoms with Gasteiger partial charge >= 0.3 is 0 Å². The van der Waals surface area contributed by atoms with Crippen molar-refractivity contribution in [3.05, 3.63) is 40.6 Å². The van der Waals surface area contributed by atoms with Gasteiger partial charge in [-0.25, -0.2) is 8.42 Å². The van der Waals surface area contributed by atoms with Crippen molar-refractivity contribution in [2.24, 2.45) is 7.05 Å². The number of aryl methyl sites for hydroxylation is 1. The van der Waals surface area contributed by atoms with Crippen LogP contribution in [0.1, 0.15) is 26.5 Å². The summed E-state index contributed by atoms with van der Waals surface area (Å²) in [4.78, 5) is 0.206. The predicted octanol–water partition coefficient (Wildman–Crippen LogP) is 3.28. The zero-order valence-corrected chi connectivity index (χ0v) is 14.8. The van der Waals surface area contributed by atoms with E-state index in [1.807, 2.05) is 26.8 Å². The SMILES string of the molecule is Cn1cc(S(=O)(=O)Nc2cccc(Br)c2)c(C(C)(C)C)n1. The van der Waals surface area contributed by atoms with Gasteiger partial charge in [0.25, 0.3) is 10.0 Å². The van der Waals surface area contributed by atoms with E-state index in [0.717, 1.165) is 4.47 Å². The van der Waals surface area contributed by atoms with Crippen molar-refractivity contribution in [1.29, 1.82) is 0 Å². The number of anilines is 1. The van der Waals surface area contributed by atoms with Crippen LogP contribution in [0.15, 0.2) is 39.8 Å². The monoisotopic (exact) mass is 371 g/mol. The van der Waals surface area contributed by atoms with E-state index < -0.39 is 10.0 Å². The molecule has 0 spiro atoms. The van der Waals surface area contributed by atoms with Crippen LogP contribution in [0.3, 0.4) is 0 Å². The Balaban J connectivity index is 2.45. The maximum Gasteiger partial charge on any atom is 0.265 e. The average Bonchev–Trinajstić information content (AvgIpc) is 2.71. The van der Waals surface area contributed by atoms with Crippen LogP contribution in [0.5, 0.6) is 0 Å². The molecule has 0 atom stereocenters. The van der Waals surface area contributed by atoms with Gasteiger partial charge in [-0.3, -0.25) is 9.40 Å². The van der Waals surface area contributed by atoms with Gasteiger partial charge in [0.2, 0.25) is 0 Å². The molecule has 1 heterocycles. The van der Waals surface area contributed by atoms with Gasteiger partial charge in [-0.15, -0.1) is 0 Å². The Kier molecular flexibility index (Phi) is 4.17. The first-order chi connectivity index (χ1) is 9.59. The van der Waals surface area contributed by atoms with Crippen molar-refractivity contribution in [3.8, 4) is 0 Å². The van der Waals surface area contributed by atoms with Crippen LogP contribution < -0.4 is 4.72 Å². The molecular formula is C14H18BrN3O2S. The normalized spacial score (nSPS) is 12.4. The minimum atomic E-state index is -3.68. The molecule has 7 heteroatoms. The topological polar surface area (TPSA) is 64.0 Å². The lowest BCUT2D eigenvalue weighted by Gasteiger charge is -2.17. The van der Waals surface area contributed by atoms with Crippen molar-refractivity contribution in [2.75, 3.05) is 4.72 Å². The fourth-order valence-corrected chi connectivity index (χ4v) is 3.78. The highest BCUT2D eigenvalue weighted by Crippen LogP contribution is 2.29. The Labute approximate surface area is 133 Å². The van der Waals surface area contributed by atoms with Gasteiger partial charge in [0, 0.05) is 28.8 Å². The van der Waals surface area contributed by atoms with Gasteiger partial charge in [0.15, 0.2) is 0 Å². The van der Waals surface area contributed by atoms with Crippen molar-refractivity contribution < 1.29 is 8.42 Å². The summed E-state index contributed by atoms with van der Waals surface area (Å²) in [7, 11) is -1.96. The van der Waals surface area contributed by atoms with Gasteiger partial charge < -0.3 is 0 Å². The minimum Gasteiger partial charge on any atom is -0.279 e. The molecule has 0 aliphatic rings. The van der Waals surface area contributed by atoms with Crippen LogP contribution in [0.25, 0.3) is 0 Å². The van der Waals surface area contributed by atoms with E-state index in [1.54, 1.807) is 25.2 Å². The summed E-state index contributed by atoms with van der Waals surface area (Å²) >= 11 is 3.32. The van der Waals surface area contributed by atoms with Crippen LogP contribution in [-0.2, 0) is 22.5 Å². The number of halogens is 1. The highest BCUT2D eigenvalue weighted by atomic mass is 79.9. The maximum absolute atomic E-state index is 12.6. The predicted molar refractivity (Wildman–Crippen MR) is 86.9 cm³/mol. The lowest BCUT2D eigenvalue weighted by Crippen LogP contribution is -2.20. The molecule has 0 unspecified atom stereocenters. The van der Waals surface area contributed by atoms with Gasteiger partial charge in [0.1, 0.15) is 4.90 Å². The third kappa shape index (κ3) is 3.65. The van der Waals surface area contributed by atoms with Gasteiger partial charge in [0.05, 0.1) is 5.69 Å². The zero-order valence-electron chi connectivity index (χ0n) is 12.4. The van der Waals surface area contributed by atoms with Crippen LogP contribution in [0, 0.1) is 0 Å². The molecule has 5 nitrogen and oxygen atoms in total. The summed E-state index contributed by atoms with van der Waals surface area (Å²) in [5.41, 5.74) is 0.698. The second-order valence-electron chi connectivity index (χ2n) is 5.88. The molecule has 0 radical (unpaired) electrons. The Morgan fingerprint density at radius 2 is 1.95 bits per heavy atom. The second-order valence-corrected chi connectivity index (χ2v) is 8.45. The molecule has 0 aliphatic carbocycles. The molecule has 2 aromatic rings. The number of sulfonamides is 1. The van der Waals surface area contributed by atoms with E-state index in [9.17, 15) is 8.42 Å². The molecule has 0 bridgehead atoms. The van der Waals surface area contributed by atoms with Crippen LogP contribution in [-0.4, -0.2) is 18.2 Å². The number of aromatic nitrogens is 2. The van der Waals surface area contributed by atoms with E-state index in [4.69, 9.17) is 0 Å². The zero-order chi connectivity index (χ0) is 15.8. The third-order valence-corrected chi connectivity index (χ3v) is 4.75. The molecule has 21 heavy (non-hydrogen) atoms. The molecule has 0 aliphatic heterocycles.